The van der Waals surface area contributed by atoms with Gasteiger partial charge in [-0.3, -0.25) is 9.59 Å². The third kappa shape index (κ3) is 7.40. The summed E-state index contributed by atoms with van der Waals surface area (Å²) in [5.74, 6) is -2.92. The second-order valence-electron chi connectivity index (χ2n) is 7.93. The number of anilines is 1. The number of nitrogen functional groups attached to an aromatic ring is 1. The van der Waals surface area contributed by atoms with Crippen LogP contribution in [0.1, 0.15) is 30.5 Å². The average molecular weight is 518 g/mol. The predicted molar refractivity (Wildman–Crippen MR) is 132 cm³/mol. The van der Waals surface area contributed by atoms with Gasteiger partial charge in [-0.05, 0) is 43.9 Å². The van der Waals surface area contributed by atoms with Crippen LogP contribution in [0.4, 0.5) is 5.13 Å². The standard InChI is InChI=1S/C21H27BN6O7S/c23-8-4-3-6-13(20(31)32)25-17(29)10-34-28-18(14-11-36-21(24)26-14)19(30)27-16-9-12-5-1-2-7-15(12)35-22(16)33/h1-2,5,7,11,13,16,33H,3-4,6,8-10,23H2,(H2,24,26)(H,25,29)(H,27,30)(H,31,32)/b28-18-/t13-,16-/m0/s1. The molecule has 0 saturated carbocycles. The maximum absolute atomic E-state index is 13.0. The van der Waals surface area contributed by atoms with Gasteiger partial charge in [-0.15, -0.1) is 11.3 Å². The summed E-state index contributed by atoms with van der Waals surface area (Å²) in [6.45, 7) is -0.222. The number of nitrogens with two attached hydrogens (primary N) is 2. The fraction of sp³-hybridized carbons (Fsp3) is 0.381. The van der Waals surface area contributed by atoms with E-state index in [1.807, 2.05) is 12.1 Å². The van der Waals surface area contributed by atoms with E-state index in [1.165, 1.54) is 5.38 Å². The van der Waals surface area contributed by atoms with Crippen LogP contribution in [0.15, 0.2) is 34.8 Å². The highest BCUT2D eigenvalue weighted by molar-refractivity contribution is 7.13. The molecule has 0 spiro atoms. The first-order valence-corrected chi connectivity index (χ1v) is 12.0. The van der Waals surface area contributed by atoms with Gasteiger partial charge in [0.2, 0.25) is 0 Å². The minimum atomic E-state index is -1.30. The molecule has 1 aromatic heterocycles. The highest BCUT2D eigenvalue weighted by atomic mass is 32.1. The third-order valence-corrected chi connectivity index (χ3v) is 5.91. The van der Waals surface area contributed by atoms with Gasteiger partial charge in [-0.1, -0.05) is 23.4 Å². The van der Waals surface area contributed by atoms with Gasteiger partial charge in [-0.25, -0.2) is 9.78 Å². The molecule has 3 rings (SSSR count). The minimum Gasteiger partial charge on any atom is -0.535 e. The summed E-state index contributed by atoms with van der Waals surface area (Å²) in [5.41, 5.74) is 11.7. The molecule has 2 atom stereocenters. The van der Waals surface area contributed by atoms with Crippen LogP contribution in [0.25, 0.3) is 0 Å². The lowest BCUT2D eigenvalue weighted by Gasteiger charge is -2.27. The number of fused-ring (bicyclic) bond motifs is 1. The Bertz CT molecular complexity index is 1110. The Balaban J connectivity index is 1.65. The van der Waals surface area contributed by atoms with E-state index in [-0.39, 0.29) is 23.0 Å². The number of benzene rings is 1. The van der Waals surface area contributed by atoms with Crippen LogP contribution in [0.2, 0.25) is 0 Å². The number of thiazole rings is 1. The number of unbranched alkanes of at least 4 members (excludes halogenated alkanes) is 1. The van der Waals surface area contributed by atoms with Gasteiger partial charge >= 0.3 is 13.1 Å². The van der Waals surface area contributed by atoms with Crippen molar-refractivity contribution in [1.29, 1.82) is 0 Å². The molecule has 13 nitrogen and oxygen atoms in total. The Hall–Kier alpha value is -3.69. The molecule has 1 aromatic carbocycles. The number of aliphatic carboxylic acids is 1. The van der Waals surface area contributed by atoms with E-state index in [2.05, 4.69) is 20.8 Å². The van der Waals surface area contributed by atoms with Crippen molar-refractivity contribution in [2.75, 3.05) is 18.9 Å². The number of para-hydroxylation sites is 1. The normalized spacial score (nSPS) is 15.9. The highest BCUT2D eigenvalue weighted by Gasteiger charge is 2.37. The van der Waals surface area contributed by atoms with Crippen LogP contribution < -0.4 is 26.8 Å². The lowest BCUT2D eigenvalue weighted by Crippen LogP contribution is -2.54. The molecule has 0 saturated heterocycles. The monoisotopic (exact) mass is 518 g/mol. The lowest BCUT2D eigenvalue weighted by molar-refractivity contribution is -0.142. The zero-order valence-corrected chi connectivity index (χ0v) is 20.1. The maximum atomic E-state index is 13.0. The van der Waals surface area contributed by atoms with Gasteiger partial charge in [-0.2, -0.15) is 0 Å². The molecule has 1 aliphatic heterocycles. The van der Waals surface area contributed by atoms with Crippen molar-refractivity contribution >= 4 is 47.1 Å². The predicted octanol–water partition coefficient (Wildman–Crippen LogP) is -0.716. The molecular weight excluding hydrogens is 491 g/mol. The van der Waals surface area contributed by atoms with Crippen LogP contribution >= 0.6 is 11.3 Å². The molecule has 15 heteroatoms. The van der Waals surface area contributed by atoms with Crippen molar-refractivity contribution in [2.24, 2.45) is 10.9 Å². The van der Waals surface area contributed by atoms with E-state index < -0.39 is 43.5 Å². The summed E-state index contributed by atoms with van der Waals surface area (Å²) < 4.78 is 5.47. The van der Waals surface area contributed by atoms with Crippen molar-refractivity contribution in [3.8, 4) is 5.75 Å². The summed E-state index contributed by atoms with van der Waals surface area (Å²) >= 11 is 1.07. The number of hydrogen-bond acceptors (Lipinski definition) is 11. The van der Waals surface area contributed by atoms with Gasteiger partial charge in [0.25, 0.3) is 11.8 Å². The molecule has 0 radical (unpaired) electrons. The third-order valence-electron chi connectivity index (χ3n) is 5.23. The number of aromatic nitrogens is 1. The van der Waals surface area contributed by atoms with Gasteiger partial charge in [0.1, 0.15) is 17.5 Å². The van der Waals surface area contributed by atoms with Crippen molar-refractivity contribution < 1.29 is 34.0 Å². The number of carbonyl (C=O) groups excluding carboxylic acids is 2. The summed E-state index contributed by atoms with van der Waals surface area (Å²) in [5, 5.41) is 30.0. The molecular formula is C21H27BN6O7S. The molecule has 0 aliphatic carbocycles. The molecule has 2 amide bonds. The summed E-state index contributed by atoms with van der Waals surface area (Å²) in [6.07, 6.45) is 1.67. The molecule has 36 heavy (non-hydrogen) atoms. The van der Waals surface area contributed by atoms with Crippen molar-refractivity contribution in [2.45, 2.75) is 37.7 Å². The first-order valence-electron chi connectivity index (χ1n) is 11.2. The number of rotatable bonds is 12. The van der Waals surface area contributed by atoms with Gasteiger partial charge < -0.3 is 41.7 Å². The van der Waals surface area contributed by atoms with E-state index in [0.717, 1.165) is 16.9 Å². The number of oxime groups is 1. The van der Waals surface area contributed by atoms with Crippen molar-refractivity contribution in [1.82, 2.24) is 15.6 Å². The number of carbonyl (C=O) groups is 3. The van der Waals surface area contributed by atoms with Gasteiger partial charge in [0.15, 0.2) is 17.5 Å². The number of hydrogen-bond donors (Lipinski definition) is 6. The van der Waals surface area contributed by atoms with Crippen molar-refractivity contribution in [3.63, 3.8) is 0 Å². The van der Waals surface area contributed by atoms with Crippen LogP contribution in [0.5, 0.6) is 5.75 Å². The topological polar surface area (TPSA) is 211 Å². The first kappa shape index (κ1) is 26.9. The number of carboxylic acid groups (broad SMARTS) is 1. The van der Waals surface area contributed by atoms with Crippen LogP contribution in [-0.4, -0.2) is 70.9 Å². The second kappa shape index (κ2) is 12.9. The number of nitrogens with one attached hydrogen (secondary N) is 2. The molecule has 192 valence electrons. The second-order valence-corrected chi connectivity index (χ2v) is 8.82. The van der Waals surface area contributed by atoms with E-state index in [1.54, 1.807) is 12.1 Å². The van der Waals surface area contributed by atoms with Gasteiger partial charge in [0.05, 0.1) is 5.94 Å². The Morgan fingerprint density at radius 3 is 2.81 bits per heavy atom. The fourth-order valence-corrected chi connectivity index (χ4v) is 3.99. The Morgan fingerprint density at radius 1 is 1.33 bits per heavy atom. The fourth-order valence-electron chi connectivity index (χ4n) is 3.44. The molecule has 0 unspecified atom stereocenters. The summed E-state index contributed by atoms with van der Waals surface area (Å²) in [7, 11) is -1.30. The highest BCUT2D eigenvalue weighted by Crippen LogP contribution is 2.25. The van der Waals surface area contributed by atoms with E-state index in [4.69, 9.17) is 21.0 Å². The summed E-state index contributed by atoms with van der Waals surface area (Å²) in [4.78, 5) is 45.6. The number of nitrogens with zero attached hydrogens (tertiary/aromatic N) is 2. The molecule has 8 N–H and O–H groups in total. The van der Waals surface area contributed by atoms with Crippen LogP contribution in [-0.2, 0) is 25.6 Å². The molecule has 2 heterocycles. The Kier molecular flexibility index (Phi) is 9.61. The first-order chi connectivity index (χ1) is 17.3. The van der Waals surface area contributed by atoms with E-state index >= 15 is 0 Å². The zero-order valence-electron chi connectivity index (χ0n) is 19.3. The Labute approximate surface area is 211 Å². The smallest absolute Gasteiger partial charge is 0.535 e. The quantitative estimate of drug-likeness (QED) is 0.0898. The maximum Gasteiger partial charge on any atom is 0.547 e. The lowest BCUT2D eigenvalue weighted by atomic mass is 9.72. The van der Waals surface area contributed by atoms with E-state index in [9.17, 15) is 24.5 Å². The zero-order chi connectivity index (χ0) is 26.1. The van der Waals surface area contributed by atoms with Crippen molar-refractivity contribution in [3.05, 3.63) is 40.9 Å². The van der Waals surface area contributed by atoms with Crippen LogP contribution in [0.3, 0.4) is 0 Å². The molecule has 0 bridgehead atoms. The molecule has 1 aliphatic rings. The summed E-state index contributed by atoms with van der Waals surface area (Å²) in [6, 6.07) is 6.02. The molecule has 0 fully saturated rings. The Morgan fingerprint density at radius 2 is 2.11 bits per heavy atom. The number of amides is 2. The van der Waals surface area contributed by atoms with Crippen LogP contribution in [0, 0.1) is 0 Å². The SMILES string of the molecule is NCCCC[C@H](NC(=O)CO/N=C(\C(=O)N[C@H]1Cc2ccccc2OB1O)c1csc(N)n1)C(=O)O. The molecule has 2 aromatic rings. The van der Waals surface area contributed by atoms with Gasteiger partial charge in [0, 0.05) is 5.38 Å². The average Bonchev–Trinajstić information content (AvgIpc) is 3.27. The number of carboxylic acids is 1. The van der Waals surface area contributed by atoms with E-state index in [0.29, 0.717) is 31.6 Å². The minimum absolute atomic E-state index is 0.104. The largest absolute Gasteiger partial charge is 0.547 e.